The number of nitrogens with one attached hydrogen (secondary N) is 1. The zero-order valence-corrected chi connectivity index (χ0v) is 13.0. The van der Waals surface area contributed by atoms with Gasteiger partial charge in [-0.1, -0.05) is 11.6 Å². The molecule has 1 aliphatic heterocycles. The maximum Gasteiger partial charge on any atom is 0.133 e. The van der Waals surface area contributed by atoms with Crippen LogP contribution in [0.3, 0.4) is 0 Å². The second kappa shape index (κ2) is 6.22. The van der Waals surface area contributed by atoms with Crippen molar-refractivity contribution < 1.29 is 0 Å². The Kier molecular flexibility index (Phi) is 4.84. The molecule has 1 aromatic heterocycles. The molecular formula is C13H24ClN5. The highest BCUT2D eigenvalue weighted by Gasteiger charge is 2.28. The minimum Gasteiger partial charge on any atom is -0.322 e. The van der Waals surface area contributed by atoms with Crippen molar-refractivity contribution in [2.24, 2.45) is 7.05 Å². The summed E-state index contributed by atoms with van der Waals surface area (Å²) in [5, 5.41) is 4.03. The molecule has 0 radical (unpaired) electrons. The number of nitrogens with zero attached hydrogens (tertiary/aromatic N) is 4. The molecule has 0 aliphatic carbocycles. The molecule has 5 nitrogen and oxygen atoms in total. The SMILES string of the molecule is CNCC(c1nc(C)n(C)c1Cl)N1CCN(C)CC1. The normalized spacial score (nSPS) is 19.8. The van der Waals surface area contributed by atoms with E-state index in [4.69, 9.17) is 11.6 Å². The second-order valence-corrected chi connectivity index (χ2v) is 5.66. The molecule has 0 bridgehead atoms. The van der Waals surface area contributed by atoms with Gasteiger partial charge in [0.2, 0.25) is 0 Å². The van der Waals surface area contributed by atoms with Crippen molar-refractivity contribution in [1.29, 1.82) is 0 Å². The van der Waals surface area contributed by atoms with Crippen LogP contribution in [0.15, 0.2) is 0 Å². The highest BCUT2D eigenvalue weighted by molar-refractivity contribution is 6.30. The Morgan fingerprint density at radius 2 is 1.89 bits per heavy atom. The molecule has 1 atom stereocenters. The lowest BCUT2D eigenvalue weighted by Crippen LogP contribution is -2.48. The number of imidazole rings is 1. The number of hydrogen-bond acceptors (Lipinski definition) is 4. The van der Waals surface area contributed by atoms with Crippen molar-refractivity contribution in [1.82, 2.24) is 24.7 Å². The van der Waals surface area contributed by atoms with Crippen LogP contribution in [0.2, 0.25) is 5.15 Å². The Hall–Kier alpha value is -0.620. The molecule has 2 rings (SSSR count). The van der Waals surface area contributed by atoms with Crippen LogP contribution in [0.4, 0.5) is 0 Å². The lowest BCUT2D eigenvalue weighted by Gasteiger charge is -2.37. The van der Waals surface area contributed by atoms with Gasteiger partial charge < -0.3 is 14.8 Å². The molecule has 2 heterocycles. The van der Waals surface area contributed by atoms with Gasteiger partial charge in [-0.2, -0.15) is 0 Å². The van der Waals surface area contributed by atoms with E-state index < -0.39 is 0 Å². The molecule has 1 aromatic rings. The molecule has 108 valence electrons. The zero-order chi connectivity index (χ0) is 14.0. The first-order valence-corrected chi connectivity index (χ1v) is 7.18. The van der Waals surface area contributed by atoms with E-state index in [-0.39, 0.29) is 6.04 Å². The summed E-state index contributed by atoms with van der Waals surface area (Å²) in [6.45, 7) is 7.20. The van der Waals surface area contributed by atoms with E-state index in [0.717, 1.165) is 49.4 Å². The molecule has 1 aliphatic rings. The lowest BCUT2D eigenvalue weighted by atomic mass is 10.1. The maximum absolute atomic E-state index is 6.43. The van der Waals surface area contributed by atoms with Crippen LogP contribution in [-0.4, -0.2) is 66.2 Å². The van der Waals surface area contributed by atoms with Gasteiger partial charge in [0.1, 0.15) is 11.0 Å². The number of aromatic nitrogens is 2. The smallest absolute Gasteiger partial charge is 0.133 e. The van der Waals surface area contributed by atoms with Crippen LogP contribution in [0.1, 0.15) is 17.6 Å². The Morgan fingerprint density at radius 3 is 2.37 bits per heavy atom. The molecule has 0 aromatic carbocycles. The topological polar surface area (TPSA) is 36.3 Å². The average molecular weight is 286 g/mol. The highest BCUT2D eigenvalue weighted by Crippen LogP contribution is 2.27. The largest absolute Gasteiger partial charge is 0.322 e. The van der Waals surface area contributed by atoms with Gasteiger partial charge in [-0.3, -0.25) is 4.90 Å². The number of halogens is 1. The van der Waals surface area contributed by atoms with Gasteiger partial charge in [-0.25, -0.2) is 4.98 Å². The molecule has 19 heavy (non-hydrogen) atoms. The number of aryl methyl sites for hydroxylation is 1. The summed E-state index contributed by atoms with van der Waals surface area (Å²) in [6.07, 6.45) is 0. The monoisotopic (exact) mass is 285 g/mol. The summed E-state index contributed by atoms with van der Waals surface area (Å²) >= 11 is 6.43. The molecule has 1 fully saturated rings. The minimum atomic E-state index is 0.256. The van der Waals surface area contributed by atoms with E-state index in [2.05, 4.69) is 27.1 Å². The maximum atomic E-state index is 6.43. The van der Waals surface area contributed by atoms with Gasteiger partial charge in [0.05, 0.1) is 11.7 Å². The van der Waals surface area contributed by atoms with Crippen molar-refractivity contribution in [3.63, 3.8) is 0 Å². The molecule has 1 saturated heterocycles. The fraction of sp³-hybridized carbons (Fsp3) is 0.769. The van der Waals surface area contributed by atoms with Crippen molar-refractivity contribution in [2.75, 3.05) is 46.8 Å². The van der Waals surface area contributed by atoms with Crippen LogP contribution in [0.5, 0.6) is 0 Å². The van der Waals surface area contributed by atoms with E-state index in [1.807, 2.05) is 25.6 Å². The predicted molar refractivity (Wildman–Crippen MR) is 78.7 cm³/mol. The Morgan fingerprint density at radius 1 is 1.26 bits per heavy atom. The van der Waals surface area contributed by atoms with Gasteiger partial charge >= 0.3 is 0 Å². The van der Waals surface area contributed by atoms with Crippen LogP contribution in [0.25, 0.3) is 0 Å². The van der Waals surface area contributed by atoms with E-state index in [1.165, 1.54) is 0 Å². The molecule has 1 N–H and O–H groups in total. The first kappa shape index (κ1) is 14.8. The van der Waals surface area contributed by atoms with Crippen LogP contribution < -0.4 is 5.32 Å². The third-order valence-corrected chi connectivity index (χ3v) is 4.41. The van der Waals surface area contributed by atoms with Gasteiger partial charge in [0, 0.05) is 39.8 Å². The number of rotatable bonds is 4. The summed E-state index contributed by atoms with van der Waals surface area (Å²) in [6, 6.07) is 0.256. The van der Waals surface area contributed by atoms with Crippen molar-refractivity contribution in [3.8, 4) is 0 Å². The fourth-order valence-corrected chi connectivity index (χ4v) is 2.84. The summed E-state index contributed by atoms with van der Waals surface area (Å²) in [5.41, 5.74) is 1.00. The Labute approximate surface area is 120 Å². The summed E-state index contributed by atoms with van der Waals surface area (Å²) < 4.78 is 1.95. The standard InChI is InChI=1S/C13H24ClN5/c1-10-16-12(13(14)18(10)4)11(9-15-2)19-7-5-17(3)6-8-19/h11,15H,5-9H2,1-4H3. The molecular weight excluding hydrogens is 262 g/mol. The van der Waals surface area contributed by atoms with Gasteiger partial charge in [-0.05, 0) is 21.0 Å². The van der Waals surface area contributed by atoms with Crippen LogP contribution in [0, 0.1) is 6.92 Å². The Balaban J connectivity index is 2.21. The summed E-state index contributed by atoms with van der Waals surface area (Å²) in [5.74, 6) is 0.968. The first-order valence-electron chi connectivity index (χ1n) is 6.80. The van der Waals surface area contributed by atoms with Gasteiger partial charge in [0.15, 0.2) is 0 Å². The average Bonchev–Trinajstić information content (AvgIpc) is 2.65. The van der Waals surface area contributed by atoms with Crippen molar-refractivity contribution >= 4 is 11.6 Å². The molecule has 0 amide bonds. The summed E-state index contributed by atoms with van der Waals surface area (Å²) in [7, 11) is 6.11. The third-order valence-electron chi connectivity index (χ3n) is 3.97. The number of piperazine rings is 1. The van der Waals surface area contributed by atoms with Gasteiger partial charge in [0.25, 0.3) is 0 Å². The lowest BCUT2D eigenvalue weighted by molar-refractivity contribution is 0.109. The minimum absolute atomic E-state index is 0.256. The third kappa shape index (κ3) is 3.11. The quantitative estimate of drug-likeness (QED) is 0.891. The van der Waals surface area contributed by atoms with Crippen LogP contribution in [-0.2, 0) is 7.05 Å². The van der Waals surface area contributed by atoms with E-state index in [9.17, 15) is 0 Å². The summed E-state index contributed by atoms with van der Waals surface area (Å²) in [4.78, 5) is 9.49. The van der Waals surface area contributed by atoms with Crippen molar-refractivity contribution in [3.05, 3.63) is 16.7 Å². The number of likely N-dealkylation sites (N-methyl/N-ethyl adjacent to an activating group) is 2. The van der Waals surface area contributed by atoms with Crippen molar-refractivity contribution in [2.45, 2.75) is 13.0 Å². The van der Waals surface area contributed by atoms with E-state index >= 15 is 0 Å². The second-order valence-electron chi connectivity index (χ2n) is 5.31. The predicted octanol–water partition coefficient (Wildman–Crippen LogP) is 0.890. The molecule has 0 saturated carbocycles. The van der Waals surface area contributed by atoms with E-state index in [0.29, 0.717) is 0 Å². The molecule has 1 unspecified atom stereocenters. The Bertz CT molecular complexity index is 423. The highest BCUT2D eigenvalue weighted by atomic mass is 35.5. The first-order chi connectivity index (χ1) is 9.04. The van der Waals surface area contributed by atoms with Crippen LogP contribution >= 0.6 is 11.6 Å². The number of hydrogen-bond donors (Lipinski definition) is 1. The van der Waals surface area contributed by atoms with Gasteiger partial charge in [-0.15, -0.1) is 0 Å². The van der Waals surface area contributed by atoms with E-state index in [1.54, 1.807) is 0 Å². The molecule has 6 heteroatoms. The molecule has 0 spiro atoms. The fourth-order valence-electron chi connectivity index (χ4n) is 2.55. The zero-order valence-electron chi connectivity index (χ0n) is 12.3.